The monoisotopic (exact) mass is 423 g/mol. The fraction of sp³-hybridized carbons (Fsp3) is 0.286. The van der Waals surface area contributed by atoms with Crippen LogP contribution < -0.4 is 10.6 Å². The lowest BCUT2D eigenvalue weighted by Gasteiger charge is -2.36. The molecule has 1 aliphatic heterocycles. The van der Waals surface area contributed by atoms with Crippen LogP contribution in [0.1, 0.15) is 0 Å². The first-order chi connectivity index (χ1) is 14.7. The highest BCUT2D eigenvalue weighted by molar-refractivity contribution is 6.18. The van der Waals surface area contributed by atoms with Gasteiger partial charge in [0.05, 0.1) is 12.0 Å². The van der Waals surface area contributed by atoms with Crippen molar-refractivity contribution in [2.24, 2.45) is 0 Å². The van der Waals surface area contributed by atoms with Crippen molar-refractivity contribution in [1.82, 2.24) is 24.5 Å². The van der Waals surface area contributed by atoms with Gasteiger partial charge in [-0.2, -0.15) is 4.52 Å². The van der Waals surface area contributed by atoms with E-state index in [0.29, 0.717) is 23.1 Å². The maximum Gasteiger partial charge on any atom is 0.223 e. The number of anilines is 2. The maximum atomic E-state index is 6.18. The number of aromatic nitrogens is 4. The largest absolute Gasteiger partial charge is 0.461 e. The van der Waals surface area contributed by atoms with Gasteiger partial charge in [-0.05, 0) is 24.3 Å². The quantitative estimate of drug-likeness (QED) is 0.493. The first kappa shape index (κ1) is 18.9. The number of piperazine rings is 1. The SMILES string of the molecule is Nc1nc(-c2cccc(N3CCN(CCCl)CC3)c2)cc2nc(-c3ccco3)nn12. The summed E-state index contributed by atoms with van der Waals surface area (Å²) in [5.74, 6) is 2.03. The Balaban J connectivity index is 1.43. The van der Waals surface area contributed by atoms with E-state index in [1.807, 2.05) is 18.2 Å². The molecule has 3 aromatic heterocycles. The van der Waals surface area contributed by atoms with Gasteiger partial charge in [0, 0.05) is 55.9 Å². The Bertz CT molecular complexity index is 1150. The first-order valence-electron chi connectivity index (χ1n) is 9.92. The van der Waals surface area contributed by atoms with Crippen LogP contribution in [-0.2, 0) is 0 Å². The minimum absolute atomic E-state index is 0.285. The molecule has 1 aliphatic rings. The van der Waals surface area contributed by atoms with Gasteiger partial charge in [0.1, 0.15) is 0 Å². The van der Waals surface area contributed by atoms with Crippen molar-refractivity contribution >= 4 is 28.9 Å². The predicted octanol–water partition coefficient (Wildman–Crippen LogP) is 2.99. The summed E-state index contributed by atoms with van der Waals surface area (Å²) < 4.78 is 6.92. The smallest absolute Gasteiger partial charge is 0.223 e. The number of fused-ring (bicyclic) bond motifs is 1. The van der Waals surface area contributed by atoms with Crippen molar-refractivity contribution in [3.63, 3.8) is 0 Å². The van der Waals surface area contributed by atoms with Crippen LogP contribution >= 0.6 is 11.6 Å². The maximum absolute atomic E-state index is 6.18. The summed E-state index contributed by atoms with van der Waals surface area (Å²) in [6.45, 7) is 4.93. The van der Waals surface area contributed by atoms with Crippen molar-refractivity contribution in [2.45, 2.75) is 0 Å². The van der Waals surface area contributed by atoms with E-state index < -0.39 is 0 Å². The molecule has 4 heterocycles. The van der Waals surface area contributed by atoms with Gasteiger partial charge >= 0.3 is 0 Å². The number of furan rings is 1. The molecule has 0 unspecified atom stereocenters. The number of halogens is 1. The Morgan fingerprint density at radius 1 is 1.03 bits per heavy atom. The number of benzene rings is 1. The minimum Gasteiger partial charge on any atom is -0.461 e. The first-order valence-corrected chi connectivity index (χ1v) is 10.5. The lowest BCUT2D eigenvalue weighted by atomic mass is 10.1. The van der Waals surface area contributed by atoms with Crippen molar-refractivity contribution in [3.8, 4) is 22.8 Å². The van der Waals surface area contributed by atoms with Crippen LogP contribution in [0.25, 0.3) is 28.5 Å². The van der Waals surface area contributed by atoms with Crippen molar-refractivity contribution in [2.75, 3.05) is 49.2 Å². The second-order valence-electron chi connectivity index (χ2n) is 7.25. The van der Waals surface area contributed by atoms with E-state index in [1.165, 1.54) is 10.2 Å². The van der Waals surface area contributed by atoms with Gasteiger partial charge < -0.3 is 15.1 Å². The van der Waals surface area contributed by atoms with Gasteiger partial charge in [0.25, 0.3) is 0 Å². The predicted molar refractivity (Wildman–Crippen MR) is 118 cm³/mol. The normalized spacial score (nSPS) is 15.2. The number of hydrogen-bond donors (Lipinski definition) is 1. The van der Waals surface area contributed by atoms with E-state index in [-0.39, 0.29) is 5.95 Å². The number of nitrogen functional groups attached to an aromatic ring is 1. The summed E-state index contributed by atoms with van der Waals surface area (Å²) in [6, 6.07) is 13.9. The highest BCUT2D eigenvalue weighted by Crippen LogP contribution is 2.27. The zero-order valence-corrected chi connectivity index (χ0v) is 17.2. The molecule has 0 spiro atoms. The fourth-order valence-electron chi connectivity index (χ4n) is 3.78. The average Bonchev–Trinajstić information content (AvgIpc) is 3.45. The van der Waals surface area contributed by atoms with E-state index in [9.17, 15) is 0 Å². The molecule has 0 radical (unpaired) electrons. The molecule has 0 amide bonds. The van der Waals surface area contributed by atoms with Crippen LogP contribution in [0.15, 0.2) is 53.1 Å². The van der Waals surface area contributed by atoms with Crippen molar-refractivity contribution < 1.29 is 4.42 Å². The molecular formula is C21H22ClN7O. The highest BCUT2D eigenvalue weighted by atomic mass is 35.5. The Kier molecular flexibility index (Phi) is 5.02. The Morgan fingerprint density at radius 3 is 2.67 bits per heavy atom. The number of nitrogens with two attached hydrogens (primary N) is 1. The number of hydrogen-bond acceptors (Lipinski definition) is 7. The minimum atomic E-state index is 0.285. The van der Waals surface area contributed by atoms with E-state index in [0.717, 1.165) is 44.0 Å². The Hall–Kier alpha value is -3.10. The molecule has 154 valence electrons. The molecule has 1 aromatic carbocycles. The van der Waals surface area contributed by atoms with Crippen LogP contribution in [0.2, 0.25) is 0 Å². The zero-order valence-electron chi connectivity index (χ0n) is 16.4. The molecule has 0 bridgehead atoms. The number of alkyl halides is 1. The second-order valence-corrected chi connectivity index (χ2v) is 7.63. The molecule has 9 heteroatoms. The average molecular weight is 424 g/mol. The van der Waals surface area contributed by atoms with E-state index in [2.05, 4.69) is 43.1 Å². The summed E-state index contributed by atoms with van der Waals surface area (Å²) in [6.07, 6.45) is 1.59. The molecule has 2 N–H and O–H groups in total. The third kappa shape index (κ3) is 3.59. The van der Waals surface area contributed by atoms with Crippen LogP contribution in [0.5, 0.6) is 0 Å². The third-order valence-electron chi connectivity index (χ3n) is 5.37. The molecule has 5 rings (SSSR count). The van der Waals surface area contributed by atoms with E-state index >= 15 is 0 Å². The molecule has 0 saturated carbocycles. The molecule has 1 fully saturated rings. The molecule has 1 saturated heterocycles. The van der Waals surface area contributed by atoms with Gasteiger partial charge in [-0.15, -0.1) is 16.7 Å². The summed E-state index contributed by atoms with van der Waals surface area (Å²) in [7, 11) is 0. The number of nitrogens with zero attached hydrogens (tertiary/aromatic N) is 6. The van der Waals surface area contributed by atoms with Gasteiger partial charge in [0.15, 0.2) is 11.4 Å². The molecule has 4 aromatic rings. The third-order valence-corrected chi connectivity index (χ3v) is 5.54. The summed E-state index contributed by atoms with van der Waals surface area (Å²) in [5, 5.41) is 4.40. The van der Waals surface area contributed by atoms with Crippen LogP contribution in [0.4, 0.5) is 11.6 Å². The molecular weight excluding hydrogens is 402 g/mol. The summed E-state index contributed by atoms with van der Waals surface area (Å²) in [4.78, 5) is 13.9. The van der Waals surface area contributed by atoms with Gasteiger partial charge in [-0.3, -0.25) is 4.90 Å². The second kappa shape index (κ2) is 7.97. The summed E-state index contributed by atoms with van der Waals surface area (Å²) in [5.41, 5.74) is 9.74. The van der Waals surface area contributed by atoms with Crippen LogP contribution in [0.3, 0.4) is 0 Å². The van der Waals surface area contributed by atoms with Gasteiger partial charge in [-0.1, -0.05) is 12.1 Å². The van der Waals surface area contributed by atoms with Crippen molar-refractivity contribution in [1.29, 1.82) is 0 Å². The topological polar surface area (TPSA) is 88.7 Å². The van der Waals surface area contributed by atoms with Gasteiger partial charge in [0.2, 0.25) is 11.8 Å². The fourth-order valence-corrected chi connectivity index (χ4v) is 4.02. The number of rotatable bonds is 5. The molecule has 0 atom stereocenters. The summed E-state index contributed by atoms with van der Waals surface area (Å²) >= 11 is 5.87. The standard InChI is InChI=1S/C21H22ClN7O/c22-6-7-27-8-10-28(11-9-27)16-4-1-3-15(13-16)17-14-19-25-20(18-5-2-12-30-18)26-29(19)21(23)24-17/h1-5,12-14H,6-11H2,(H2,23,24). The lowest BCUT2D eigenvalue weighted by Crippen LogP contribution is -2.46. The Labute approximate surface area is 178 Å². The molecule has 0 aliphatic carbocycles. The highest BCUT2D eigenvalue weighted by Gasteiger charge is 2.18. The zero-order chi connectivity index (χ0) is 20.5. The molecule has 8 nitrogen and oxygen atoms in total. The van der Waals surface area contributed by atoms with Crippen LogP contribution in [0, 0.1) is 0 Å². The molecule has 30 heavy (non-hydrogen) atoms. The van der Waals surface area contributed by atoms with E-state index in [4.69, 9.17) is 21.8 Å². The van der Waals surface area contributed by atoms with E-state index in [1.54, 1.807) is 12.3 Å². The lowest BCUT2D eigenvalue weighted by molar-refractivity contribution is 0.272. The Morgan fingerprint density at radius 2 is 1.90 bits per heavy atom. The van der Waals surface area contributed by atoms with Crippen molar-refractivity contribution in [3.05, 3.63) is 48.7 Å². The van der Waals surface area contributed by atoms with Gasteiger partial charge in [-0.25, -0.2) is 9.97 Å². The van der Waals surface area contributed by atoms with Crippen LogP contribution in [-0.4, -0.2) is 63.1 Å².